The molecule has 5 nitrogen and oxygen atoms in total. The van der Waals surface area contributed by atoms with E-state index in [-0.39, 0.29) is 5.82 Å². The first-order valence-electron chi connectivity index (χ1n) is 8.13. The van der Waals surface area contributed by atoms with Crippen molar-refractivity contribution in [1.29, 1.82) is 0 Å². The second kappa shape index (κ2) is 6.97. The first-order valence-corrected chi connectivity index (χ1v) is 8.13. The van der Waals surface area contributed by atoms with E-state index in [1.54, 1.807) is 12.1 Å². The van der Waals surface area contributed by atoms with Gasteiger partial charge in [-0.2, -0.15) is 10.2 Å². The summed E-state index contributed by atoms with van der Waals surface area (Å²) in [6, 6.07) is 8.46. The van der Waals surface area contributed by atoms with Crippen LogP contribution in [0.3, 0.4) is 0 Å². The summed E-state index contributed by atoms with van der Waals surface area (Å²) < 4.78 is 15.0. The molecule has 0 unspecified atom stereocenters. The first kappa shape index (κ1) is 16.4. The van der Waals surface area contributed by atoms with E-state index in [9.17, 15) is 4.39 Å². The summed E-state index contributed by atoms with van der Waals surface area (Å²) in [6.07, 6.45) is 0.930. The Hall–Kier alpha value is -2.47. The van der Waals surface area contributed by atoms with Gasteiger partial charge in [0.2, 0.25) is 0 Å². The predicted octanol–water partition coefficient (Wildman–Crippen LogP) is 3.20. The van der Waals surface area contributed by atoms with Crippen molar-refractivity contribution >= 4 is 0 Å². The maximum absolute atomic E-state index is 13.1. The Morgan fingerprint density at radius 1 is 1.17 bits per heavy atom. The van der Waals surface area contributed by atoms with Crippen molar-refractivity contribution in [2.45, 2.75) is 40.3 Å². The number of rotatable bonds is 6. The SMILES string of the molecule is CCc1cc(CNCc2c(C)nn(-c3ccc(F)cc3)c2C)[nH]n1. The number of aryl methyl sites for hydroxylation is 2. The van der Waals surface area contributed by atoms with Crippen LogP contribution in [0.2, 0.25) is 0 Å². The minimum Gasteiger partial charge on any atom is -0.307 e. The highest BCUT2D eigenvalue weighted by Gasteiger charge is 2.12. The van der Waals surface area contributed by atoms with Crippen molar-refractivity contribution in [2.75, 3.05) is 0 Å². The lowest BCUT2D eigenvalue weighted by Gasteiger charge is -2.06. The number of hydrogen-bond acceptors (Lipinski definition) is 3. The summed E-state index contributed by atoms with van der Waals surface area (Å²) >= 11 is 0. The van der Waals surface area contributed by atoms with Crippen molar-refractivity contribution in [3.8, 4) is 5.69 Å². The Labute approximate surface area is 140 Å². The molecular weight excluding hydrogens is 305 g/mol. The van der Waals surface area contributed by atoms with Crippen molar-refractivity contribution < 1.29 is 4.39 Å². The highest BCUT2D eigenvalue weighted by molar-refractivity contribution is 5.37. The fourth-order valence-corrected chi connectivity index (χ4v) is 2.77. The Morgan fingerprint density at radius 3 is 2.58 bits per heavy atom. The van der Waals surface area contributed by atoms with Crippen molar-refractivity contribution in [2.24, 2.45) is 0 Å². The van der Waals surface area contributed by atoms with Crippen molar-refractivity contribution in [3.05, 3.63) is 64.5 Å². The van der Waals surface area contributed by atoms with Gasteiger partial charge in [0, 0.05) is 30.0 Å². The highest BCUT2D eigenvalue weighted by Crippen LogP contribution is 2.18. The molecule has 3 aromatic rings. The van der Waals surface area contributed by atoms with E-state index in [2.05, 4.69) is 33.6 Å². The van der Waals surface area contributed by atoms with Gasteiger partial charge >= 0.3 is 0 Å². The largest absolute Gasteiger partial charge is 0.307 e. The van der Waals surface area contributed by atoms with Gasteiger partial charge in [0.25, 0.3) is 0 Å². The van der Waals surface area contributed by atoms with Gasteiger partial charge in [-0.1, -0.05) is 6.92 Å². The monoisotopic (exact) mass is 327 g/mol. The molecule has 0 saturated heterocycles. The van der Waals surface area contributed by atoms with E-state index < -0.39 is 0 Å². The topological polar surface area (TPSA) is 58.5 Å². The molecule has 0 radical (unpaired) electrons. The van der Waals surface area contributed by atoms with Gasteiger partial charge in [0.1, 0.15) is 5.82 Å². The van der Waals surface area contributed by atoms with E-state index in [1.165, 1.54) is 12.1 Å². The summed E-state index contributed by atoms with van der Waals surface area (Å²) in [5.74, 6) is -0.242. The van der Waals surface area contributed by atoms with Crippen LogP contribution in [0, 0.1) is 19.7 Å². The van der Waals surface area contributed by atoms with E-state index in [0.29, 0.717) is 0 Å². The maximum Gasteiger partial charge on any atom is 0.123 e. The highest BCUT2D eigenvalue weighted by atomic mass is 19.1. The van der Waals surface area contributed by atoms with Crippen LogP contribution < -0.4 is 5.32 Å². The minimum atomic E-state index is -0.242. The van der Waals surface area contributed by atoms with Gasteiger partial charge in [0.15, 0.2) is 0 Å². The summed E-state index contributed by atoms with van der Waals surface area (Å²) in [4.78, 5) is 0. The lowest BCUT2D eigenvalue weighted by atomic mass is 10.2. The smallest absolute Gasteiger partial charge is 0.123 e. The second-order valence-corrected chi connectivity index (χ2v) is 5.88. The number of benzene rings is 1. The third kappa shape index (κ3) is 3.38. The van der Waals surface area contributed by atoms with Crippen LogP contribution in [0.1, 0.15) is 35.3 Å². The fourth-order valence-electron chi connectivity index (χ4n) is 2.77. The zero-order chi connectivity index (χ0) is 17.1. The molecule has 2 N–H and O–H groups in total. The second-order valence-electron chi connectivity index (χ2n) is 5.88. The van der Waals surface area contributed by atoms with Crippen LogP contribution in [0.25, 0.3) is 5.69 Å². The number of H-pyrrole nitrogens is 1. The number of nitrogens with one attached hydrogen (secondary N) is 2. The molecule has 0 saturated carbocycles. The van der Waals surface area contributed by atoms with Gasteiger partial charge < -0.3 is 5.32 Å². The third-order valence-corrected chi connectivity index (χ3v) is 4.18. The van der Waals surface area contributed by atoms with Crippen LogP contribution in [0.5, 0.6) is 0 Å². The van der Waals surface area contributed by atoms with Crippen molar-refractivity contribution in [1.82, 2.24) is 25.3 Å². The number of halogens is 1. The molecule has 0 fully saturated rings. The molecule has 6 heteroatoms. The molecule has 0 spiro atoms. The summed E-state index contributed by atoms with van der Waals surface area (Å²) in [5.41, 5.74) is 6.21. The Bertz CT molecular complexity index is 817. The molecule has 1 aromatic carbocycles. The Morgan fingerprint density at radius 2 is 1.92 bits per heavy atom. The minimum absolute atomic E-state index is 0.242. The van der Waals surface area contributed by atoms with Gasteiger partial charge in [0.05, 0.1) is 17.1 Å². The summed E-state index contributed by atoms with van der Waals surface area (Å²) in [6.45, 7) is 7.57. The van der Waals surface area contributed by atoms with Crippen LogP contribution >= 0.6 is 0 Å². The predicted molar refractivity (Wildman–Crippen MR) is 91.5 cm³/mol. The number of hydrogen-bond donors (Lipinski definition) is 2. The zero-order valence-electron chi connectivity index (χ0n) is 14.2. The normalized spacial score (nSPS) is 11.2. The lowest BCUT2D eigenvalue weighted by molar-refractivity contribution is 0.627. The Kier molecular flexibility index (Phi) is 4.76. The Balaban J connectivity index is 1.71. The van der Waals surface area contributed by atoms with Gasteiger partial charge in [-0.3, -0.25) is 5.10 Å². The average Bonchev–Trinajstić information content (AvgIpc) is 3.15. The van der Waals surface area contributed by atoms with Crippen LogP contribution in [0.4, 0.5) is 4.39 Å². The average molecular weight is 327 g/mol. The fraction of sp³-hybridized carbons (Fsp3) is 0.333. The molecule has 0 atom stereocenters. The molecule has 2 aromatic heterocycles. The van der Waals surface area contributed by atoms with Crippen LogP contribution in [0.15, 0.2) is 30.3 Å². The molecule has 2 heterocycles. The van der Waals surface area contributed by atoms with Gasteiger partial charge in [-0.15, -0.1) is 0 Å². The number of aromatic nitrogens is 4. The van der Waals surface area contributed by atoms with Gasteiger partial charge in [-0.05, 0) is 50.6 Å². The van der Waals surface area contributed by atoms with E-state index in [0.717, 1.165) is 53.5 Å². The number of aromatic amines is 1. The molecule has 0 amide bonds. The molecule has 0 aliphatic rings. The third-order valence-electron chi connectivity index (χ3n) is 4.18. The molecule has 0 bridgehead atoms. The van der Waals surface area contributed by atoms with Gasteiger partial charge in [-0.25, -0.2) is 9.07 Å². The molecule has 24 heavy (non-hydrogen) atoms. The van der Waals surface area contributed by atoms with Crippen LogP contribution in [-0.2, 0) is 19.5 Å². The molecular formula is C18H22FN5. The standard InChI is InChI=1S/C18H22FN5/c1-4-15-9-16(22-21-15)10-20-11-18-12(2)23-24(13(18)3)17-7-5-14(19)6-8-17/h5-9,20H,4,10-11H2,1-3H3,(H,21,22). The van der Waals surface area contributed by atoms with E-state index in [1.807, 2.05) is 18.5 Å². The zero-order valence-corrected chi connectivity index (χ0v) is 14.2. The first-order chi connectivity index (χ1) is 11.6. The molecule has 126 valence electrons. The maximum atomic E-state index is 13.1. The van der Waals surface area contributed by atoms with E-state index >= 15 is 0 Å². The lowest BCUT2D eigenvalue weighted by Crippen LogP contribution is -2.14. The summed E-state index contributed by atoms with van der Waals surface area (Å²) in [7, 11) is 0. The van der Waals surface area contributed by atoms with E-state index in [4.69, 9.17) is 0 Å². The molecule has 0 aliphatic heterocycles. The van der Waals surface area contributed by atoms with Crippen LogP contribution in [-0.4, -0.2) is 20.0 Å². The number of nitrogens with zero attached hydrogens (tertiary/aromatic N) is 3. The quantitative estimate of drug-likeness (QED) is 0.731. The summed E-state index contributed by atoms with van der Waals surface area (Å²) in [5, 5.41) is 15.3. The molecule has 3 rings (SSSR count). The van der Waals surface area contributed by atoms with Crippen molar-refractivity contribution in [3.63, 3.8) is 0 Å². The molecule has 0 aliphatic carbocycles.